The highest BCUT2D eigenvalue weighted by Gasteiger charge is 2.25. The van der Waals surface area contributed by atoms with E-state index in [2.05, 4.69) is 4.98 Å². The van der Waals surface area contributed by atoms with Crippen LogP contribution in [0.15, 0.2) is 28.7 Å². The molecule has 0 saturated carbocycles. The van der Waals surface area contributed by atoms with Crippen LogP contribution in [0.2, 0.25) is 0 Å². The lowest BCUT2D eigenvalue weighted by molar-refractivity contribution is -0.384. The highest BCUT2D eigenvalue weighted by molar-refractivity contribution is 5.86. The molecule has 7 nitrogen and oxygen atoms in total. The van der Waals surface area contributed by atoms with Crippen molar-refractivity contribution in [2.24, 2.45) is 0 Å². The van der Waals surface area contributed by atoms with E-state index in [9.17, 15) is 14.9 Å². The molecule has 20 heavy (non-hydrogen) atoms. The van der Waals surface area contributed by atoms with Crippen LogP contribution in [-0.2, 0) is 0 Å². The largest absolute Gasteiger partial charge is 0.475 e. The lowest BCUT2D eigenvalue weighted by Gasteiger charge is -1.98. The first-order valence-electron chi connectivity index (χ1n) is 5.89. The van der Waals surface area contributed by atoms with Crippen LogP contribution >= 0.6 is 0 Å². The molecule has 0 unspecified atom stereocenters. The van der Waals surface area contributed by atoms with Crippen molar-refractivity contribution in [2.45, 2.75) is 19.8 Å². The SMILES string of the molecule is CC(C)c1nc(-c2ccccc2[N+](=O)[O-])oc1C(=O)O. The van der Waals surface area contributed by atoms with E-state index >= 15 is 0 Å². The molecule has 0 aliphatic heterocycles. The summed E-state index contributed by atoms with van der Waals surface area (Å²) < 4.78 is 5.20. The zero-order valence-electron chi connectivity index (χ0n) is 10.9. The van der Waals surface area contributed by atoms with Crippen molar-refractivity contribution < 1.29 is 19.2 Å². The van der Waals surface area contributed by atoms with Gasteiger partial charge in [0.15, 0.2) is 0 Å². The van der Waals surface area contributed by atoms with Crippen LogP contribution in [0.1, 0.15) is 36.0 Å². The number of aromatic nitrogens is 1. The Morgan fingerprint density at radius 3 is 2.55 bits per heavy atom. The first kappa shape index (κ1) is 13.7. The van der Waals surface area contributed by atoms with Gasteiger partial charge in [0, 0.05) is 6.07 Å². The minimum atomic E-state index is -1.24. The molecule has 1 aromatic heterocycles. The highest BCUT2D eigenvalue weighted by atomic mass is 16.6. The van der Waals surface area contributed by atoms with E-state index < -0.39 is 10.9 Å². The van der Waals surface area contributed by atoms with Crippen molar-refractivity contribution >= 4 is 11.7 Å². The summed E-state index contributed by atoms with van der Waals surface area (Å²) in [6.45, 7) is 3.54. The minimum Gasteiger partial charge on any atom is -0.475 e. The lowest BCUT2D eigenvalue weighted by Crippen LogP contribution is -2.01. The number of carboxylic acids is 1. The van der Waals surface area contributed by atoms with Gasteiger partial charge in [0.05, 0.1) is 10.6 Å². The van der Waals surface area contributed by atoms with E-state index in [1.807, 2.05) is 0 Å². The summed E-state index contributed by atoms with van der Waals surface area (Å²) in [5.74, 6) is -1.75. The van der Waals surface area contributed by atoms with Crippen LogP contribution in [0.25, 0.3) is 11.5 Å². The molecule has 0 saturated heterocycles. The van der Waals surface area contributed by atoms with Crippen LogP contribution in [0.3, 0.4) is 0 Å². The molecule has 2 aromatic rings. The maximum absolute atomic E-state index is 11.1. The standard InChI is InChI=1S/C13H12N2O5/c1-7(2)10-11(13(16)17)20-12(14-10)8-5-3-4-6-9(8)15(18)19/h3-7H,1-2H3,(H,16,17). The van der Waals surface area contributed by atoms with E-state index in [0.717, 1.165) is 0 Å². The summed E-state index contributed by atoms with van der Waals surface area (Å²) in [4.78, 5) is 25.6. The zero-order valence-corrected chi connectivity index (χ0v) is 10.9. The molecule has 1 N–H and O–H groups in total. The van der Waals surface area contributed by atoms with Crippen LogP contribution in [0, 0.1) is 10.1 Å². The molecule has 0 bridgehead atoms. The molecule has 0 atom stereocenters. The van der Waals surface area contributed by atoms with Gasteiger partial charge in [-0.15, -0.1) is 0 Å². The number of nitrogens with zero attached hydrogens (tertiary/aromatic N) is 2. The van der Waals surface area contributed by atoms with Gasteiger partial charge < -0.3 is 9.52 Å². The molecule has 0 amide bonds. The number of carboxylic acid groups (broad SMARTS) is 1. The van der Waals surface area contributed by atoms with Crippen molar-refractivity contribution in [3.63, 3.8) is 0 Å². The molecule has 104 valence electrons. The second kappa shape index (κ2) is 5.12. The van der Waals surface area contributed by atoms with E-state index in [1.165, 1.54) is 18.2 Å². The topological polar surface area (TPSA) is 106 Å². The predicted molar refractivity (Wildman–Crippen MR) is 69.6 cm³/mol. The summed E-state index contributed by atoms with van der Waals surface area (Å²) in [5.41, 5.74) is 0.249. The Morgan fingerprint density at radius 1 is 1.40 bits per heavy atom. The third kappa shape index (κ3) is 2.37. The zero-order chi connectivity index (χ0) is 14.9. The highest BCUT2D eigenvalue weighted by Crippen LogP contribution is 2.32. The maximum Gasteiger partial charge on any atom is 0.373 e. The number of nitro groups is 1. The lowest BCUT2D eigenvalue weighted by atomic mass is 10.1. The molecule has 0 spiro atoms. The van der Waals surface area contributed by atoms with Gasteiger partial charge in [-0.3, -0.25) is 10.1 Å². The molecular formula is C13H12N2O5. The molecule has 7 heteroatoms. The molecule has 2 rings (SSSR count). The summed E-state index contributed by atoms with van der Waals surface area (Å²) in [7, 11) is 0. The Morgan fingerprint density at radius 2 is 2.05 bits per heavy atom. The number of benzene rings is 1. The second-order valence-corrected chi connectivity index (χ2v) is 4.47. The Kier molecular flexibility index (Phi) is 3.51. The van der Waals surface area contributed by atoms with Crippen LogP contribution in [-0.4, -0.2) is 21.0 Å². The summed E-state index contributed by atoms with van der Waals surface area (Å²) in [5, 5.41) is 20.1. The van der Waals surface area contributed by atoms with E-state index in [0.29, 0.717) is 0 Å². The summed E-state index contributed by atoms with van der Waals surface area (Å²) in [6, 6.07) is 5.91. The normalized spacial score (nSPS) is 10.8. The fraction of sp³-hybridized carbons (Fsp3) is 0.231. The fourth-order valence-electron chi connectivity index (χ4n) is 1.81. The van der Waals surface area contributed by atoms with Crippen molar-refractivity contribution in [1.29, 1.82) is 0 Å². The predicted octanol–water partition coefficient (Wildman–Crippen LogP) is 3.07. The Labute approximate surface area is 114 Å². The van der Waals surface area contributed by atoms with Gasteiger partial charge in [-0.2, -0.15) is 0 Å². The molecule has 1 aromatic carbocycles. The Bertz CT molecular complexity index is 675. The van der Waals surface area contributed by atoms with Crippen molar-refractivity contribution in [2.75, 3.05) is 0 Å². The molecule has 0 aliphatic rings. The molecule has 0 aliphatic carbocycles. The first-order valence-corrected chi connectivity index (χ1v) is 5.89. The average Bonchev–Trinajstić information content (AvgIpc) is 2.83. The average molecular weight is 276 g/mol. The number of nitro benzene ring substituents is 1. The smallest absolute Gasteiger partial charge is 0.373 e. The minimum absolute atomic E-state index is 0.0570. The van der Waals surface area contributed by atoms with E-state index in [4.69, 9.17) is 9.52 Å². The summed E-state index contributed by atoms with van der Waals surface area (Å²) in [6.07, 6.45) is 0. The van der Waals surface area contributed by atoms with Gasteiger partial charge in [0.25, 0.3) is 5.69 Å². The van der Waals surface area contributed by atoms with Gasteiger partial charge in [-0.05, 0) is 12.0 Å². The van der Waals surface area contributed by atoms with Crippen LogP contribution < -0.4 is 0 Å². The molecule has 1 heterocycles. The monoisotopic (exact) mass is 276 g/mol. The van der Waals surface area contributed by atoms with Crippen molar-refractivity contribution in [1.82, 2.24) is 4.98 Å². The number of aromatic carboxylic acids is 1. The summed E-state index contributed by atoms with van der Waals surface area (Å²) >= 11 is 0. The number of hydrogen-bond donors (Lipinski definition) is 1. The molecule has 0 fully saturated rings. The van der Waals surface area contributed by atoms with Gasteiger partial charge in [0.1, 0.15) is 5.56 Å². The first-order chi connectivity index (χ1) is 9.41. The van der Waals surface area contributed by atoms with Gasteiger partial charge in [0.2, 0.25) is 11.7 Å². The van der Waals surface area contributed by atoms with Crippen LogP contribution in [0.5, 0.6) is 0 Å². The number of oxazole rings is 1. The number of rotatable bonds is 4. The quantitative estimate of drug-likeness (QED) is 0.679. The molecule has 0 radical (unpaired) electrons. The van der Waals surface area contributed by atoms with Gasteiger partial charge in [-0.1, -0.05) is 26.0 Å². The third-order valence-corrected chi connectivity index (χ3v) is 2.73. The Balaban J connectivity index is 2.63. The number of para-hydroxylation sites is 1. The number of carbonyl (C=O) groups is 1. The Hall–Kier alpha value is -2.70. The van der Waals surface area contributed by atoms with E-state index in [1.54, 1.807) is 19.9 Å². The van der Waals surface area contributed by atoms with Crippen molar-refractivity contribution in [3.8, 4) is 11.5 Å². The maximum atomic E-state index is 11.1. The van der Waals surface area contributed by atoms with Gasteiger partial charge in [-0.25, -0.2) is 9.78 Å². The van der Waals surface area contributed by atoms with Gasteiger partial charge >= 0.3 is 5.97 Å². The fourth-order valence-corrected chi connectivity index (χ4v) is 1.81. The second-order valence-electron chi connectivity index (χ2n) is 4.47. The van der Waals surface area contributed by atoms with E-state index in [-0.39, 0.29) is 34.5 Å². The third-order valence-electron chi connectivity index (χ3n) is 2.73. The van der Waals surface area contributed by atoms with Crippen molar-refractivity contribution in [3.05, 3.63) is 45.8 Å². The van der Waals surface area contributed by atoms with Crippen LogP contribution in [0.4, 0.5) is 5.69 Å². The number of hydrogen-bond acceptors (Lipinski definition) is 5. The molecular weight excluding hydrogens is 264 g/mol.